The van der Waals surface area contributed by atoms with Crippen molar-refractivity contribution < 1.29 is 14.7 Å². The van der Waals surface area contributed by atoms with Crippen LogP contribution in [0.5, 0.6) is 0 Å². The highest BCUT2D eigenvalue weighted by atomic mass is 79.9. The van der Waals surface area contributed by atoms with Crippen molar-refractivity contribution in [2.75, 3.05) is 6.54 Å². The van der Waals surface area contributed by atoms with Crippen molar-refractivity contribution in [3.05, 3.63) is 12.7 Å². The van der Waals surface area contributed by atoms with Crippen molar-refractivity contribution in [2.24, 2.45) is 0 Å². The Kier molecular flexibility index (Phi) is 3.69. The molecule has 2 unspecified atom stereocenters. The number of aliphatic carboxylic acids is 1. The Labute approximate surface area is 90.7 Å². The number of halogens is 1. The number of likely N-dealkylation sites (tertiary alicyclic amines) is 1. The van der Waals surface area contributed by atoms with Crippen LogP contribution in [0.1, 0.15) is 12.8 Å². The third-order valence-corrected chi connectivity index (χ3v) is 2.78. The Bertz CT molecular complexity index is 267. The molecule has 4 nitrogen and oxygen atoms in total. The van der Waals surface area contributed by atoms with Crippen molar-refractivity contribution in [2.45, 2.75) is 23.7 Å². The van der Waals surface area contributed by atoms with Gasteiger partial charge in [0.25, 0.3) is 0 Å². The van der Waals surface area contributed by atoms with E-state index in [2.05, 4.69) is 22.5 Å². The summed E-state index contributed by atoms with van der Waals surface area (Å²) in [6, 6.07) is -0.762. The molecule has 1 amide bonds. The largest absolute Gasteiger partial charge is 0.480 e. The summed E-state index contributed by atoms with van der Waals surface area (Å²) in [7, 11) is 0. The maximum absolute atomic E-state index is 11.4. The Balaban J connectivity index is 2.73. The van der Waals surface area contributed by atoms with Crippen LogP contribution in [0.4, 0.5) is 0 Å². The maximum atomic E-state index is 11.4. The van der Waals surface area contributed by atoms with E-state index in [0.717, 1.165) is 0 Å². The van der Waals surface area contributed by atoms with Gasteiger partial charge in [-0.15, -0.1) is 6.58 Å². The summed E-state index contributed by atoms with van der Waals surface area (Å²) in [6.45, 7) is 3.95. The fourth-order valence-corrected chi connectivity index (χ4v) is 2.10. The Morgan fingerprint density at radius 1 is 1.86 bits per heavy atom. The van der Waals surface area contributed by atoms with Gasteiger partial charge in [-0.2, -0.15) is 0 Å². The van der Waals surface area contributed by atoms with Gasteiger partial charge >= 0.3 is 5.97 Å². The van der Waals surface area contributed by atoms with E-state index in [1.165, 1.54) is 11.0 Å². The minimum absolute atomic E-state index is 0.0710. The maximum Gasteiger partial charge on any atom is 0.326 e. The molecule has 1 aliphatic heterocycles. The molecule has 0 aromatic carbocycles. The number of hydrogen-bond acceptors (Lipinski definition) is 2. The van der Waals surface area contributed by atoms with E-state index in [-0.39, 0.29) is 10.7 Å². The van der Waals surface area contributed by atoms with Crippen LogP contribution in [-0.4, -0.2) is 39.3 Å². The molecular formula is C9H12BrNO3. The second-order valence-corrected chi connectivity index (χ2v) is 4.52. The van der Waals surface area contributed by atoms with E-state index in [9.17, 15) is 9.59 Å². The lowest BCUT2D eigenvalue weighted by Gasteiger charge is -2.22. The second kappa shape index (κ2) is 4.59. The summed E-state index contributed by atoms with van der Waals surface area (Å²) in [4.78, 5) is 23.7. The number of carboxylic acid groups (broad SMARTS) is 1. The second-order valence-electron chi connectivity index (χ2n) is 3.23. The van der Waals surface area contributed by atoms with Gasteiger partial charge in [0.2, 0.25) is 5.91 Å². The van der Waals surface area contributed by atoms with Gasteiger partial charge in [-0.25, -0.2) is 4.79 Å². The fraction of sp³-hybridized carbons (Fsp3) is 0.556. The summed E-state index contributed by atoms with van der Waals surface area (Å²) in [5.41, 5.74) is 0. The summed E-state index contributed by atoms with van der Waals surface area (Å²) >= 11 is 3.31. The molecule has 1 aliphatic rings. The number of hydrogen-bond donors (Lipinski definition) is 1. The molecule has 1 saturated heterocycles. The Hall–Kier alpha value is -0.840. The van der Waals surface area contributed by atoms with Gasteiger partial charge in [0.05, 0.1) is 0 Å². The van der Waals surface area contributed by atoms with Crippen LogP contribution in [0, 0.1) is 0 Å². The van der Waals surface area contributed by atoms with Crippen molar-refractivity contribution in [1.29, 1.82) is 0 Å². The smallest absolute Gasteiger partial charge is 0.326 e. The number of amides is 1. The van der Waals surface area contributed by atoms with Crippen LogP contribution in [-0.2, 0) is 9.59 Å². The van der Waals surface area contributed by atoms with Crippen molar-refractivity contribution in [3.63, 3.8) is 0 Å². The van der Waals surface area contributed by atoms with E-state index >= 15 is 0 Å². The first-order valence-corrected chi connectivity index (χ1v) is 5.25. The summed E-state index contributed by atoms with van der Waals surface area (Å²) in [5, 5.41) is 8.91. The quantitative estimate of drug-likeness (QED) is 0.607. The normalized spacial score (nSPS) is 23.6. The number of alkyl halides is 1. The van der Waals surface area contributed by atoms with Crippen molar-refractivity contribution >= 4 is 27.8 Å². The average Bonchev–Trinajstić information content (AvgIpc) is 2.40. The topological polar surface area (TPSA) is 57.6 Å². The van der Waals surface area contributed by atoms with Gasteiger partial charge in [0, 0.05) is 17.8 Å². The lowest BCUT2D eigenvalue weighted by Crippen LogP contribution is -2.41. The van der Waals surface area contributed by atoms with Gasteiger partial charge in [-0.1, -0.05) is 22.0 Å². The molecule has 1 N–H and O–H groups in total. The Morgan fingerprint density at radius 2 is 2.50 bits per heavy atom. The van der Waals surface area contributed by atoms with Crippen LogP contribution < -0.4 is 0 Å². The molecule has 0 aromatic heterocycles. The molecule has 1 heterocycles. The number of carbonyl (C=O) groups excluding carboxylic acids is 1. The van der Waals surface area contributed by atoms with E-state index in [4.69, 9.17) is 5.11 Å². The molecule has 0 spiro atoms. The molecule has 0 bridgehead atoms. The van der Waals surface area contributed by atoms with Gasteiger partial charge in [-0.05, 0) is 6.42 Å². The molecule has 0 aliphatic carbocycles. The minimum Gasteiger partial charge on any atom is -0.480 e. The van der Waals surface area contributed by atoms with Crippen molar-refractivity contribution in [1.82, 2.24) is 4.90 Å². The van der Waals surface area contributed by atoms with Gasteiger partial charge in [0.15, 0.2) is 0 Å². The predicted molar refractivity (Wildman–Crippen MR) is 55.3 cm³/mol. The predicted octanol–water partition coefficient (Wildman–Crippen LogP) is 1.01. The fourth-order valence-electron chi connectivity index (χ4n) is 1.51. The van der Waals surface area contributed by atoms with Gasteiger partial charge < -0.3 is 10.0 Å². The number of rotatable bonds is 4. The molecule has 5 heteroatoms. The lowest BCUT2D eigenvalue weighted by atomic mass is 10.2. The summed E-state index contributed by atoms with van der Waals surface area (Å²) in [6.07, 6.45) is 2.19. The molecule has 1 fully saturated rings. The van der Waals surface area contributed by atoms with E-state index in [0.29, 0.717) is 19.4 Å². The van der Waals surface area contributed by atoms with Crippen LogP contribution in [0.3, 0.4) is 0 Å². The first kappa shape index (κ1) is 11.2. The van der Waals surface area contributed by atoms with Crippen LogP contribution in [0.15, 0.2) is 12.7 Å². The highest BCUT2D eigenvalue weighted by Gasteiger charge is 2.35. The molecule has 1 rings (SSSR count). The van der Waals surface area contributed by atoms with E-state index < -0.39 is 12.0 Å². The van der Waals surface area contributed by atoms with Gasteiger partial charge in [-0.3, -0.25) is 4.79 Å². The molecule has 0 aromatic rings. The van der Waals surface area contributed by atoms with Crippen LogP contribution >= 0.6 is 15.9 Å². The molecule has 14 heavy (non-hydrogen) atoms. The Morgan fingerprint density at radius 3 is 2.86 bits per heavy atom. The van der Waals surface area contributed by atoms with E-state index in [1.807, 2.05) is 0 Å². The van der Waals surface area contributed by atoms with Crippen LogP contribution in [0.2, 0.25) is 0 Å². The lowest BCUT2D eigenvalue weighted by molar-refractivity contribution is -0.148. The molecular weight excluding hydrogens is 250 g/mol. The minimum atomic E-state index is -0.972. The summed E-state index contributed by atoms with van der Waals surface area (Å²) in [5.74, 6) is -1.08. The summed E-state index contributed by atoms with van der Waals surface area (Å²) < 4.78 is 0. The molecule has 0 radical (unpaired) electrons. The monoisotopic (exact) mass is 261 g/mol. The molecule has 78 valence electrons. The zero-order valence-electron chi connectivity index (χ0n) is 7.65. The first-order chi connectivity index (χ1) is 6.56. The number of carboxylic acids is 1. The third kappa shape index (κ3) is 2.35. The molecule has 0 saturated carbocycles. The zero-order chi connectivity index (χ0) is 10.7. The third-order valence-electron chi connectivity index (χ3n) is 2.16. The highest BCUT2D eigenvalue weighted by molar-refractivity contribution is 9.09. The molecule has 2 atom stereocenters. The number of nitrogens with zero attached hydrogens (tertiary/aromatic N) is 1. The average molecular weight is 262 g/mol. The van der Waals surface area contributed by atoms with E-state index in [1.54, 1.807) is 0 Å². The SMILES string of the molecule is C=CCC(C(=O)O)N1CC(Br)CC1=O. The standard InChI is InChI=1S/C9H12BrNO3/c1-2-3-7(9(13)14)11-5-6(10)4-8(11)12/h2,6-7H,1,3-5H2,(H,13,14). The number of carbonyl (C=O) groups is 2. The van der Waals surface area contributed by atoms with Gasteiger partial charge in [0.1, 0.15) is 6.04 Å². The van der Waals surface area contributed by atoms with Crippen LogP contribution in [0.25, 0.3) is 0 Å². The van der Waals surface area contributed by atoms with Crippen molar-refractivity contribution in [3.8, 4) is 0 Å². The highest BCUT2D eigenvalue weighted by Crippen LogP contribution is 2.21. The zero-order valence-corrected chi connectivity index (χ0v) is 9.24. The first-order valence-electron chi connectivity index (χ1n) is 4.33.